The number of para-hydroxylation sites is 1. The van der Waals surface area contributed by atoms with Gasteiger partial charge in [0, 0.05) is 6.54 Å². The predicted molar refractivity (Wildman–Crippen MR) is 89.1 cm³/mol. The van der Waals surface area contributed by atoms with Gasteiger partial charge in [-0.2, -0.15) is 10.4 Å². The molecule has 0 atom stereocenters. The molecule has 1 heterocycles. The molecule has 0 aliphatic rings. The van der Waals surface area contributed by atoms with E-state index in [4.69, 9.17) is 22.6 Å². The van der Waals surface area contributed by atoms with Crippen LogP contribution in [0.3, 0.4) is 0 Å². The maximum atomic E-state index is 11.8. The summed E-state index contributed by atoms with van der Waals surface area (Å²) in [6.45, 7) is 0.262. The summed E-state index contributed by atoms with van der Waals surface area (Å²) in [6.07, 6.45) is 0.987. The van der Waals surface area contributed by atoms with Crippen molar-refractivity contribution in [3.8, 4) is 6.07 Å². The molecule has 9 heteroatoms. The average Bonchev–Trinajstić information content (AvgIpc) is 2.93. The summed E-state index contributed by atoms with van der Waals surface area (Å²) in [4.78, 5) is 23.5. The van der Waals surface area contributed by atoms with Crippen molar-refractivity contribution in [2.45, 2.75) is 12.8 Å². The van der Waals surface area contributed by atoms with Gasteiger partial charge in [-0.25, -0.2) is 0 Å². The number of nitrogens with zero attached hydrogens (tertiary/aromatic N) is 2. The molecule has 0 unspecified atom stereocenters. The Morgan fingerprint density at radius 3 is 2.79 bits per heavy atom. The first-order valence-corrected chi connectivity index (χ1v) is 7.47. The van der Waals surface area contributed by atoms with Crippen molar-refractivity contribution in [1.29, 1.82) is 5.26 Å². The normalized spacial score (nSPS) is 10.0. The Morgan fingerprint density at radius 1 is 1.33 bits per heavy atom. The SMILES string of the molecule is N#Cc1c(N)n[nH]c1CCCNC(=O)C(=O)Nc1ccccc1Cl. The molecule has 124 valence electrons. The van der Waals surface area contributed by atoms with Gasteiger partial charge in [-0.05, 0) is 25.0 Å². The molecule has 0 bridgehead atoms. The average molecular weight is 347 g/mol. The zero-order valence-corrected chi connectivity index (χ0v) is 13.4. The van der Waals surface area contributed by atoms with Crippen molar-refractivity contribution in [2.75, 3.05) is 17.6 Å². The Bertz CT molecular complexity index is 796. The number of aromatic nitrogens is 2. The Morgan fingerprint density at radius 2 is 2.08 bits per heavy atom. The molecular formula is C15H15ClN6O2. The second kappa shape index (κ2) is 7.99. The molecule has 0 spiro atoms. The highest BCUT2D eigenvalue weighted by Gasteiger charge is 2.15. The van der Waals surface area contributed by atoms with E-state index >= 15 is 0 Å². The smallest absolute Gasteiger partial charge is 0.313 e. The summed E-state index contributed by atoms with van der Waals surface area (Å²) >= 11 is 5.91. The third-order valence-corrected chi connectivity index (χ3v) is 3.53. The molecule has 5 N–H and O–H groups in total. The van der Waals surface area contributed by atoms with Crippen molar-refractivity contribution in [3.05, 3.63) is 40.5 Å². The summed E-state index contributed by atoms with van der Waals surface area (Å²) in [5.74, 6) is -1.41. The van der Waals surface area contributed by atoms with E-state index in [9.17, 15) is 9.59 Å². The second-order valence-electron chi connectivity index (χ2n) is 4.87. The molecule has 0 radical (unpaired) electrons. The number of aromatic amines is 1. The third-order valence-electron chi connectivity index (χ3n) is 3.20. The standard InChI is InChI=1S/C15H15ClN6O2/c16-10-4-1-2-5-12(10)20-15(24)14(23)19-7-3-6-11-9(8-17)13(18)22-21-11/h1-2,4-5H,3,6-7H2,(H,19,23)(H,20,24)(H3,18,21,22). The van der Waals surface area contributed by atoms with Crippen molar-refractivity contribution in [1.82, 2.24) is 15.5 Å². The number of H-pyrrole nitrogens is 1. The van der Waals surface area contributed by atoms with Gasteiger partial charge in [-0.15, -0.1) is 0 Å². The van der Waals surface area contributed by atoms with E-state index in [1.54, 1.807) is 24.3 Å². The predicted octanol–water partition coefficient (Wildman–Crippen LogP) is 1.20. The summed E-state index contributed by atoms with van der Waals surface area (Å²) in [7, 11) is 0. The van der Waals surface area contributed by atoms with Gasteiger partial charge in [0.05, 0.1) is 16.4 Å². The zero-order valence-electron chi connectivity index (χ0n) is 12.6. The molecule has 2 rings (SSSR count). The topological polar surface area (TPSA) is 137 Å². The second-order valence-corrected chi connectivity index (χ2v) is 5.27. The van der Waals surface area contributed by atoms with Crippen LogP contribution >= 0.6 is 11.6 Å². The van der Waals surface area contributed by atoms with Crippen molar-refractivity contribution in [3.63, 3.8) is 0 Å². The summed E-state index contributed by atoms with van der Waals surface area (Å²) in [6, 6.07) is 8.58. The fraction of sp³-hybridized carbons (Fsp3) is 0.200. The molecule has 0 saturated heterocycles. The summed E-state index contributed by atoms with van der Waals surface area (Å²) in [5.41, 5.74) is 6.80. The van der Waals surface area contributed by atoms with E-state index in [-0.39, 0.29) is 12.4 Å². The maximum Gasteiger partial charge on any atom is 0.313 e. The molecule has 24 heavy (non-hydrogen) atoms. The lowest BCUT2D eigenvalue weighted by atomic mass is 10.1. The first-order valence-electron chi connectivity index (χ1n) is 7.09. The van der Waals surface area contributed by atoms with Gasteiger partial charge < -0.3 is 16.4 Å². The molecule has 1 aromatic carbocycles. The fourth-order valence-corrected chi connectivity index (χ4v) is 2.17. The molecule has 0 aliphatic heterocycles. The van der Waals surface area contributed by atoms with E-state index in [2.05, 4.69) is 20.8 Å². The van der Waals surface area contributed by atoms with E-state index < -0.39 is 11.8 Å². The van der Waals surface area contributed by atoms with Crippen LogP contribution in [0.2, 0.25) is 5.02 Å². The lowest BCUT2D eigenvalue weighted by Crippen LogP contribution is -2.36. The summed E-state index contributed by atoms with van der Waals surface area (Å²) < 4.78 is 0. The number of aryl methyl sites for hydroxylation is 1. The largest absolute Gasteiger partial charge is 0.381 e. The molecule has 1 aromatic heterocycles. The van der Waals surface area contributed by atoms with E-state index in [0.717, 1.165) is 0 Å². The minimum Gasteiger partial charge on any atom is -0.381 e. The highest BCUT2D eigenvalue weighted by molar-refractivity contribution is 6.41. The van der Waals surface area contributed by atoms with Crippen molar-refractivity contribution >= 4 is 34.9 Å². The number of rotatable bonds is 5. The number of halogens is 1. The number of anilines is 2. The fourth-order valence-electron chi connectivity index (χ4n) is 1.99. The molecule has 0 aliphatic carbocycles. The Hall–Kier alpha value is -3.05. The zero-order chi connectivity index (χ0) is 17.5. The van der Waals surface area contributed by atoms with E-state index in [1.165, 1.54) is 0 Å². The van der Waals surface area contributed by atoms with Crippen molar-refractivity contribution in [2.24, 2.45) is 0 Å². The summed E-state index contributed by atoms with van der Waals surface area (Å²) in [5, 5.41) is 20.6. The molecule has 0 fully saturated rings. The van der Waals surface area contributed by atoms with Gasteiger partial charge in [0.1, 0.15) is 11.6 Å². The van der Waals surface area contributed by atoms with Crippen LogP contribution in [0.1, 0.15) is 17.7 Å². The third kappa shape index (κ3) is 4.24. The molecule has 0 saturated carbocycles. The van der Waals surface area contributed by atoms with Crippen LogP contribution in [-0.2, 0) is 16.0 Å². The van der Waals surface area contributed by atoms with Gasteiger partial charge in [-0.3, -0.25) is 14.7 Å². The minimum absolute atomic E-state index is 0.149. The highest BCUT2D eigenvalue weighted by Crippen LogP contribution is 2.20. The quantitative estimate of drug-likeness (QED) is 0.476. The number of benzene rings is 1. The lowest BCUT2D eigenvalue weighted by molar-refractivity contribution is -0.136. The number of nitrogens with two attached hydrogens (primary N) is 1. The molecular weight excluding hydrogens is 332 g/mol. The number of carbonyl (C=O) groups excluding carboxylic acids is 2. The van der Waals surface area contributed by atoms with Crippen LogP contribution in [0.25, 0.3) is 0 Å². The van der Waals surface area contributed by atoms with Gasteiger partial charge in [0.15, 0.2) is 5.82 Å². The Balaban J connectivity index is 1.78. The number of nitriles is 1. The number of nitrogen functional groups attached to an aromatic ring is 1. The Labute approximate surface area is 143 Å². The van der Waals surface area contributed by atoms with Crippen LogP contribution < -0.4 is 16.4 Å². The van der Waals surface area contributed by atoms with Gasteiger partial charge in [0.2, 0.25) is 0 Å². The molecule has 2 aromatic rings. The number of amides is 2. The Kier molecular flexibility index (Phi) is 5.76. The number of hydrogen-bond acceptors (Lipinski definition) is 5. The number of hydrogen-bond donors (Lipinski definition) is 4. The van der Waals surface area contributed by atoms with Crippen LogP contribution in [0.5, 0.6) is 0 Å². The van der Waals surface area contributed by atoms with E-state index in [0.29, 0.717) is 34.8 Å². The van der Waals surface area contributed by atoms with Gasteiger partial charge in [-0.1, -0.05) is 23.7 Å². The molecule has 8 nitrogen and oxygen atoms in total. The minimum atomic E-state index is -0.799. The maximum absolute atomic E-state index is 11.8. The van der Waals surface area contributed by atoms with E-state index in [1.807, 2.05) is 6.07 Å². The lowest BCUT2D eigenvalue weighted by Gasteiger charge is -2.07. The first kappa shape index (κ1) is 17.3. The monoisotopic (exact) mass is 346 g/mol. The van der Waals surface area contributed by atoms with Crippen molar-refractivity contribution < 1.29 is 9.59 Å². The number of carbonyl (C=O) groups is 2. The van der Waals surface area contributed by atoms with Gasteiger partial charge >= 0.3 is 11.8 Å². The van der Waals surface area contributed by atoms with Crippen LogP contribution in [-0.4, -0.2) is 28.6 Å². The number of nitrogens with one attached hydrogen (secondary N) is 3. The van der Waals surface area contributed by atoms with Crippen LogP contribution in [0.15, 0.2) is 24.3 Å². The first-order chi connectivity index (χ1) is 11.5. The van der Waals surface area contributed by atoms with Crippen LogP contribution in [0, 0.1) is 11.3 Å². The molecule has 2 amide bonds. The van der Waals surface area contributed by atoms with Crippen LogP contribution in [0.4, 0.5) is 11.5 Å². The highest BCUT2D eigenvalue weighted by atomic mass is 35.5. The van der Waals surface area contributed by atoms with Gasteiger partial charge in [0.25, 0.3) is 0 Å².